The molecular formula is C21H19N7O3S. The molecule has 0 radical (unpaired) electrons. The van der Waals surface area contributed by atoms with Crippen molar-refractivity contribution in [2.75, 3.05) is 11.1 Å². The first-order valence-corrected chi connectivity index (χ1v) is 11.0. The molecule has 162 valence electrons. The number of thioether (sulfide) groups is 1. The third-order valence-electron chi connectivity index (χ3n) is 5.06. The molecule has 3 N–H and O–H groups in total. The van der Waals surface area contributed by atoms with E-state index in [-0.39, 0.29) is 22.9 Å². The van der Waals surface area contributed by atoms with Gasteiger partial charge in [-0.05, 0) is 36.8 Å². The largest absolute Gasteiger partial charge is 0.325 e. The smallest absolute Gasteiger partial charge is 0.323 e. The first-order valence-electron chi connectivity index (χ1n) is 10.1. The van der Waals surface area contributed by atoms with Gasteiger partial charge in [-0.25, -0.2) is 4.79 Å². The number of aromatic amines is 2. The molecule has 0 saturated heterocycles. The first-order chi connectivity index (χ1) is 15.5. The van der Waals surface area contributed by atoms with Gasteiger partial charge in [-0.3, -0.25) is 18.6 Å². The molecule has 0 aliphatic heterocycles. The lowest BCUT2D eigenvalue weighted by molar-refractivity contribution is -0.113. The van der Waals surface area contributed by atoms with E-state index in [1.165, 1.54) is 11.8 Å². The van der Waals surface area contributed by atoms with Crippen LogP contribution in [0.4, 0.5) is 5.69 Å². The summed E-state index contributed by atoms with van der Waals surface area (Å²) in [4.78, 5) is 42.2. The van der Waals surface area contributed by atoms with Gasteiger partial charge in [0, 0.05) is 12.2 Å². The Hall–Kier alpha value is -3.86. The molecule has 0 spiro atoms. The average molecular weight is 449 g/mol. The van der Waals surface area contributed by atoms with Gasteiger partial charge in [-0.15, -0.1) is 10.2 Å². The van der Waals surface area contributed by atoms with Crippen LogP contribution in [0.3, 0.4) is 0 Å². The Morgan fingerprint density at radius 2 is 1.91 bits per heavy atom. The standard InChI is InChI=1S/C21H19N7O3S/c1-2-9-27-18(30)13-5-3-4-6-16(13)28-20(27)25-26-21(28)32-11-17(29)22-12-7-8-14-15(10-12)24-19(31)23-14/h3-8,10H,2,9,11H2,1H3,(H,22,29)(H2,23,24,31). The minimum absolute atomic E-state index is 0.101. The number of hydrogen-bond donors (Lipinski definition) is 3. The van der Waals surface area contributed by atoms with E-state index >= 15 is 0 Å². The molecule has 0 atom stereocenters. The van der Waals surface area contributed by atoms with Crippen molar-refractivity contribution < 1.29 is 4.79 Å². The number of nitrogens with one attached hydrogen (secondary N) is 3. The molecule has 0 aliphatic carbocycles. The van der Waals surface area contributed by atoms with Gasteiger partial charge in [0.15, 0.2) is 5.16 Å². The van der Waals surface area contributed by atoms with Crippen LogP contribution in [0, 0.1) is 0 Å². The van der Waals surface area contributed by atoms with Crippen molar-refractivity contribution in [2.24, 2.45) is 0 Å². The topological polar surface area (TPSA) is 130 Å². The summed E-state index contributed by atoms with van der Waals surface area (Å²) in [6, 6.07) is 12.4. The second-order valence-corrected chi connectivity index (χ2v) is 8.21. The fraction of sp³-hybridized carbons (Fsp3) is 0.190. The van der Waals surface area contributed by atoms with E-state index in [9.17, 15) is 14.4 Å². The highest BCUT2D eigenvalue weighted by Gasteiger charge is 2.17. The van der Waals surface area contributed by atoms with Crippen LogP contribution in [0.25, 0.3) is 27.7 Å². The molecule has 3 aromatic heterocycles. The molecule has 2 aromatic carbocycles. The van der Waals surface area contributed by atoms with E-state index in [2.05, 4.69) is 25.5 Å². The SMILES string of the molecule is CCCn1c(=O)c2ccccc2n2c(SCC(=O)Nc3ccc4[nH]c(=O)[nH]c4c3)nnc12. The fourth-order valence-electron chi connectivity index (χ4n) is 3.69. The number of rotatable bonds is 6. The summed E-state index contributed by atoms with van der Waals surface area (Å²) in [6.45, 7) is 2.52. The molecule has 5 rings (SSSR count). The van der Waals surface area contributed by atoms with Crippen molar-refractivity contribution in [3.05, 3.63) is 63.3 Å². The third kappa shape index (κ3) is 3.46. The Morgan fingerprint density at radius 3 is 2.75 bits per heavy atom. The molecular weight excluding hydrogens is 430 g/mol. The Morgan fingerprint density at radius 1 is 1.09 bits per heavy atom. The normalized spacial score (nSPS) is 11.5. The van der Waals surface area contributed by atoms with Crippen LogP contribution in [0.5, 0.6) is 0 Å². The molecule has 0 unspecified atom stereocenters. The Kier molecular flexibility index (Phi) is 5.02. The number of carbonyl (C=O) groups excluding carboxylic acids is 1. The summed E-state index contributed by atoms with van der Waals surface area (Å²) in [5, 5.41) is 12.4. The number of fused-ring (bicyclic) bond motifs is 4. The van der Waals surface area contributed by atoms with E-state index in [0.717, 1.165) is 6.42 Å². The highest BCUT2D eigenvalue weighted by atomic mass is 32.2. The number of amides is 1. The molecule has 32 heavy (non-hydrogen) atoms. The van der Waals surface area contributed by atoms with Gasteiger partial charge in [0.25, 0.3) is 5.56 Å². The predicted molar refractivity (Wildman–Crippen MR) is 123 cm³/mol. The van der Waals surface area contributed by atoms with Crippen LogP contribution in [-0.2, 0) is 11.3 Å². The van der Waals surface area contributed by atoms with Crippen LogP contribution >= 0.6 is 11.8 Å². The van der Waals surface area contributed by atoms with Crippen LogP contribution in [-0.4, -0.2) is 40.8 Å². The molecule has 5 aromatic rings. The monoisotopic (exact) mass is 449 g/mol. The van der Waals surface area contributed by atoms with Crippen LogP contribution in [0.1, 0.15) is 13.3 Å². The van der Waals surface area contributed by atoms with Gasteiger partial charge in [-0.1, -0.05) is 30.8 Å². The maximum Gasteiger partial charge on any atom is 0.323 e. The summed E-state index contributed by atoms with van der Waals surface area (Å²) < 4.78 is 3.44. The molecule has 3 heterocycles. The third-order valence-corrected chi connectivity index (χ3v) is 5.99. The van der Waals surface area contributed by atoms with Crippen molar-refractivity contribution in [2.45, 2.75) is 25.0 Å². The second-order valence-electron chi connectivity index (χ2n) is 7.27. The molecule has 1 amide bonds. The van der Waals surface area contributed by atoms with Crippen molar-refractivity contribution in [1.29, 1.82) is 0 Å². The van der Waals surface area contributed by atoms with E-state index in [0.29, 0.717) is 45.1 Å². The molecule has 0 aliphatic rings. The number of benzene rings is 2. The van der Waals surface area contributed by atoms with E-state index in [4.69, 9.17) is 0 Å². The van der Waals surface area contributed by atoms with Gasteiger partial charge < -0.3 is 15.3 Å². The van der Waals surface area contributed by atoms with Crippen LogP contribution < -0.4 is 16.6 Å². The number of para-hydroxylation sites is 1. The minimum atomic E-state index is -0.300. The maximum absolute atomic E-state index is 12.9. The number of H-pyrrole nitrogens is 2. The molecule has 0 bridgehead atoms. The minimum Gasteiger partial charge on any atom is -0.325 e. The van der Waals surface area contributed by atoms with Crippen molar-refractivity contribution in [3.8, 4) is 0 Å². The number of aryl methyl sites for hydroxylation is 1. The van der Waals surface area contributed by atoms with Crippen molar-refractivity contribution in [1.82, 2.24) is 29.1 Å². The highest BCUT2D eigenvalue weighted by Crippen LogP contribution is 2.22. The van der Waals surface area contributed by atoms with Gasteiger partial charge in [0.1, 0.15) is 0 Å². The van der Waals surface area contributed by atoms with Crippen LogP contribution in [0.2, 0.25) is 0 Å². The lowest BCUT2D eigenvalue weighted by Gasteiger charge is -2.10. The van der Waals surface area contributed by atoms with E-state index < -0.39 is 0 Å². The van der Waals surface area contributed by atoms with Crippen molar-refractivity contribution in [3.63, 3.8) is 0 Å². The summed E-state index contributed by atoms with van der Waals surface area (Å²) in [5.41, 5.74) is 2.16. The Balaban J connectivity index is 1.43. The molecule has 0 fully saturated rings. The average Bonchev–Trinajstić information content (AvgIpc) is 3.37. The van der Waals surface area contributed by atoms with Gasteiger partial charge in [-0.2, -0.15) is 0 Å². The van der Waals surface area contributed by atoms with Crippen LogP contribution in [0.15, 0.2) is 57.2 Å². The lowest BCUT2D eigenvalue weighted by Crippen LogP contribution is -2.23. The van der Waals surface area contributed by atoms with E-state index in [1.54, 1.807) is 28.8 Å². The summed E-state index contributed by atoms with van der Waals surface area (Å²) >= 11 is 1.24. The van der Waals surface area contributed by atoms with Crippen molar-refractivity contribution >= 4 is 51.1 Å². The van der Waals surface area contributed by atoms with E-state index in [1.807, 2.05) is 29.5 Å². The summed E-state index contributed by atoms with van der Waals surface area (Å²) in [5.74, 6) is 0.333. The molecule has 10 nitrogen and oxygen atoms in total. The Labute approximate surface area is 184 Å². The maximum atomic E-state index is 12.9. The summed E-state index contributed by atoms with van der Waals surface area (Å²) in [7, 11) is 0. The first kappa shape index (κ1) is 20.1. The molecule has 0 saturated carbocycles. The zero-order chi connectivity index (χ0) is 22.2. The zero-order valence-corrected chi connectivity index (χ0v) is 17.9. The van der Waals surface area contributed by atoms with Gasteiger partial charge in [0.05, 0.1) is 27.7 Å². The molecule has 11 heteroatoms. The second kappa shape index (κ2) is 8.00. The number of carbonyl (C=O) groups is 1. The zero-order valence-electron chi connectivity index (χ0n) is 17.1. The fourth-order valence-corrected chi connectivity index (χ4v) is 4.43. The number of hydrogen-bond acceptors (Lipinski definition) is 6. The number of imidazole rings is 1. The number of anilines is 1. The predicted octanol–water partition coefficient (Wildman–Crippen LogP) is 2.35. The van der Waals surface area contributed by atoms with Gasteiger partial charge in [0.2, 0.25) is 11.7 Å². The number of nitrogens with zero attached hydrogens (tertiary/aromatic N) is 4. The lowest BCUT2D eigenvalue weighted by atomic mass is 10.2. The number of aromatic nitrogens is 6. The highest BCUT2D eigenvalue weighted by molar-refractivity contribution is 7.99. The Bertz CT molecular complexity index is 1590. The quantitative estimate of drug-likeness (QED) is 0.341. The summed E-state index contributed by atoms with van der Waals surface area (Å²) in [6.07, 6.45) is 0.780. The van der Waals surface area contributed by atoms with Gasteiger partial charge >= 0.3 is 5.69 Å².